The third-order valence-corrected chi connectivity index (χ3v) is 4.26. The van der Waals surface area contributed by atoms with Crippen LogP contribution in [0.1, 0.15) is 40.9 Å². The minimum Gasteiger partial charge on any atom is -0.382 e. The van der Waals surface area contributed by atoms with E-state index in [0.717, 1.165) is 6.42 Å². The fourth-order valence-corrected chi connectivity index (χ4v) is 3.12. The molecular weight excluding hydrogens is 274 g/mol. The minimum atomic E-state index is 0.168. The van der Waals surface area contributed by atoms with Crippen molar-refractivity contribution in [3.05, 3.63) is 46.1 Å². The van der Waals surface area contributed by atoms with Gasteiger partial charge in [-0.1, -0.05) is 30.7 Å². The van der Waals surface area contributed by atoms with Crippen LogP contribution in [0.4, 0.5) is 11.8 Å². The summed E-state index contributed by atoms with van der Waals surface area (Å²) in [5, 5.41) is 12.4. The number of anilines is 2. The molecule has 0 bridgehead atoms. The summed E-state index contributed by atoms with van der Waals surface area (Å²) >= 11 is 0. The number of aryl methyl sites for hydroxylation is 2. The van der Waals surface area contributed by atoms with E-state index >= 15 is 0 Å². The standard InChI is InChI=1S/C17H19N5/c1-9-4-5-12-7-10(2)15(13(12)6-9)21-17-20-11(3)14(8-18)16(19)22-17/h4-6,10,15H,7H2,1-3H3,(H3,19,20,21,22)/t10-,15+/m0/s1. The smallest absolute Gasteiger partial charge is 0.225 e. The predicted molar refractivity (Wildman–Crippen MR) is 86.3 cm³/mol. The summed E-state index contributed by atoms with van der Waals surface area (Å²) in [6.07, 6.45) is 1.04. The van der Waals surface area contributed by atoms with E-state index in [9.17, 15) is 0 Å². The van der Waals surface area contributed by atoms with Crippen LogP contribution >= 0.6 is 0 Å². The summed E-state index contributed by atoms with van der Waals surface area (Å²) in [5.74, 6) is 1.17. The first-order valence-electron chi connectivity index (χ1n) is 7.39. The highest BCUT2D eigenvalue weighted by Crippen LogP contribution is 2.38. The summed E-state index contributed by atoms with van der Waals surface area (Å²) in [6.45, 7) is 6.09. The summed E-state index contributed by atoms with van der Waals surface area (Å²) < 4.78 is 0. The molecule has 0 saturated heterocycles. The Morgan fingerprint density at radius 2 is 2.09 bits per heavy atom. The molecule has 112 valence electrons. The van der Waals surface area contributed by atoms with E-state index in [0.29, 0.717) is 23.1 Å². The minimum absolute atomic E-state index is 0.168. The molecule has 0 saturated carbocycles. The average molecular weight is 293 g/mol. The zero-order valence-corrected chi connectivity index (χ0v) is 13.0. The lowest BCUT2D eigenvalue weighted by Gasteiger charge is -2.19. The van der Waals surface area contributed by atoms with E-state index in [4.69, 9.17) is 11.0 Å². The Balaban J connectivity index is 1.95. The molecule has 3 rings (SSSR count). The highest BCUT2D eigenvalue weighted by molar-refractivity contribution is 5.54. The van der Waals surface area contributed by atoms with Crippen LogP contribution in [-0.2, 0) is 6.42 Å². The third-order valence-electron chi connectivity index (χ3n) is 4.26. The number of rotatable bonds is 2. The zero-order chi connectivity index (χ0) is 15.9. The summed E-state index contributed by atoms with van der Waals surface area (Å²) in [4.78, 5) is 8.60. The van der Waals surface area contributed by atoms with Gasteiger partial charge >= 0.3 is 0 Å². The van der Waals surface area contributed by atoms with Crippen LogP contribution in [0.15, 0.2) is 18.2 Å². The lowest BCUT2D eigenvalue weighted by atomic mass is 10.0. The van der Waals surface area contributed by atoms with Crippen molar-refractivity contribution < 1.29 is 0 Å². The molecular formula is C17H19N5. The first kappa shape index (κ1) is 14.3. The number of fused-ring (bicyclic) bond motifs is 1. The summed E-state index contributed by atoms with van der Waals surface area (Å²) in [7, 11) is 0. The van der Waals surface area contributed by atoms with Gasteiger partial charge in [0.25, 0.3) is 0 Å². The van der Waals surface area contributed by atoms with Crippen molar-refractivity contribution in [2.24, 2.45) is 5.92 Å². The van der Waals surface area contributed by atoms with Gasteiger partial charge in [0.15, 0.2) is 0 Å². The highest BCUT2D eigenvalue weighted by Gasteiger charge is 2.30. The predicted octanol–water partition coefficient (Wildman–Crippen LogP) is 2.89. The maximum absolute atomic E-state index is 9.05. The van der Waals surface area contributed by atoms with Crippen molar-refractivity contribution in [1.29, 1.82) is 5.26 Å². The summed E-state index contributed by atoms with van der Waals surface area (Å²) in [5.41, 5.74) is 10.7. The molecule has 1 aliphatic carbocycles. The van der Waals surface area contributed by atoms with Gasteiger partial charge in [0, 0.05) is 0 Å². The summed E-state index contributed by atoms with van der Waals surface area (Å²) in [6, 6.07) is 8.77. The van der Waals surface area contributed by atoms with Gasteiger partial charge in [-0.25, -0.2) is 4.98 Å². The van der Waals surface area contributed by atoms with Crippen LogP contribution < -0.4 is 11.1 Å². The Morgan fingerprint density at radius 3 is 2.77 bits per heavy atom. The molecule has 1 aromatic heterocycles. The fourth-order valence-electron chi connectivity index (χ4n) is 3.12. The van der Waals surface area contributed by atoms with Gasteiger partial charge in [-0.05, 0) is 37.3 Å². The molecule has 2 atom stereocenters. The van der Waals surface area contributed by atoms with Crippen LogP contribution in [-0.4, -0.2) is 9.97 Å². The largest absolute Gasteiger partial charge is 0.382 e. The monoisotopic (exact) mass is 293 g/mol. The molecule has 22 heavy (non-hydrogen) atoms. The van der Waals surface area contributed by atoms with Gasteiger partial charge < -0.3 is 11.1 Å². The Hall–Kier alpha value is -2.61. The maximum atomic E-state index is 9.05. The van der Waals surface area contributed by atoms with Gasteiger partial charge in [0.2, 0.25) is 5.95 Å². The van der Waals surface area contributed by atoms with Crippen molar-refractivity contribution in [2.45, 2.75) is 33.2 Å². The SMILES string of the molecule is Cc1ccc2c(c1)[C@H](Nc1nc(C)c(C#N)c(N)n1)[C@@H](C)C2. The third kappa shape index (κ3) is 2.37. The normalized spacial score (nSPS) is 19.5. The highest BCUT2D eigenvalue weighted by atomic mass is 15.1. The zero-order valence-electron chi connectivity index (χ0n) is 13.0. The first-order chi connectivity index (χ1) is 10.5. The van der Waals surface area contributed by atoms with Crippen LogP contribution in [0.3, 0.4) is 0 Å². The van der Waals surface area contributed by atoms with Crippen LogP contribution in [0.5, 0.6) is 0 Å². The number of hydrogen-bond donors (Lipinski definition) is 2. The van der Waals surface area contributed by atoms with E-state index in [-0.39, 0.29) is 11.9 Å². The van der Waals surface area contributed by atoms with Gasteiger partial charge in [-0.3, -0.25) is 0 Å². The fraction of sp³-hybridized carbons (Fsp3) is 0.353. The van der Waals surface area contributed by atoms with Crippen molar-refractivity contribution in [2.75, 3.05) is 11.1 Å². The van der Waals surface area contributed by atoms with E-state index in [1.54, 1.807) is 6.92 Å². The van der Waals surface area contributed by atoms with Gasteiger partial charge in [-0.2, -0.15) is 10.2 Å². The molecule has 0 aliphatic heterocycles. The number of nitrogens with one attached hydrogen (secondary N) is 1. The topological polar surface area (TPSA) is 87.6 Å². The maximum Gasteiger partial charge on any atom is 0.225 e. The van der Waals surface area contributed by atoms with Crippen molar-refractivity contribution in [3.63, 3.8) is 0 Å². The molecule has 0 unspecified atom stereocenters. The molecule has 1 heterocycles. The molecule has 0 radical (unpaired) electrons. The quantitative estimate of drug-likeness (QED) is 0.889. The average Bonchev–Trinajstić information content (AvgIpc) is 2.75. The van der Waals surface area contributed by atoms with E-state index in [1.165, 1.54) is 16.7 Å². The second-order valence-corrected chi connectivity index (χ2v) is 6.01. The number of hydrogen-bond acceptors (Lipinski definition) is 5. The van der Waals surface area contributed by atoms with E-state index < -0.39 is 0 Å². The van der Waals surface area contributed by atoms with Crippen molar-refractivity contribution >= 4 is 11.8 Å². The molecule has 0 fully saturated rings. The molecule has 1 aliphatic rings. The van der Waals surface area contributed by atoms with E-state index in [2.05, 4.69) is 47.3 Å². The second kappa shape index (κ2) is 5.30. The van der Waals surface area contributed by atoms with Gasteiger partial charge in [0.1, 0.15) is 17.5 Å². The molecule has 5 nitrogen and oxygen atoms in total. The molecule has 2 aromatic rings. The molecule has 0 spiro atoms. The van der Waals surface area contributed by atoms with E-state index in [1.807, 2.05) is 6.07 Å². The molecule has 1 aromatic carbocycles. The Kier molecular flexibility index (Phi) is 3.45. The van der Waals surface area contributed by atoms with Crippen LogP contribution in [0, 0.1) is 31.1 Å². The number of aromatic nitrogens is 2. The number of nitrogens with zero attached hydrogens (tertiary/aromatic N) is 3. The van der Waals surface area contributed by atoms with Crippen molar-refractivity contribution in [3.8, 4) is 6.07 Å². The second-order valence-electron chi connectivity index (χ2n) is 6.01. The molecule has 5 heteroatoms. The Morgan fingerprint density at radius 1 is 1.32 bits per heavy atom. The lowest BCUT2D eigenvalue weighted by molar-refractivity contribution is 0.538. The Bertz CT molecular complexity index is 752. The lowest BCUT2D eigenvalue weighted by Crippen LogP contribution is -2.17. The number of benzene rings is 1. The number of nitriles is 1. The molecule has 0 amide bonds. The van der Waals surface area contributed by atoms with Crippen LogP contribution in [0.2, 0.25) is 0 Å². The number of nitrogens with two attached hydrogens (primary N) is 1. The van der Waals surface area contributed by atoms with Crippen molar-refractivity contribution in [1.82, 2.24) is 9.97 Å². The number of nitrogen functional groups attached to an aromatic ring is 1. The van der Waals surface area contributed by atoms with Crippen LogP contribution in [0.25, 0.3) is 0 Å². The van der Waals surface area contributed by atoms with Gasteiger partial charge in [0.05, 0.1) is 11.7 Å². The first-order valence-corrected chi connectivity index (χ1v) is 7.39. The van der Waals surface area contributed by atoms with Gasteiger partial charge in [-0.15, -0.1) is 0 Å². The molecule has 3 N–H and O–H groups in total. The Labute approximate surface area is 130 Å².